The molecule has 0 bridgehead atoms. The molecule has 1 aromatic heterocycles. The number of hydrogen-bond acceptors (Lipinski definition) is 5. The average molecular weight is 332 g/mol. The lowest BCUT2D eigenvalue weighted by molar-refractivity contribution is -0.384. The SMILES string of the molecule is O=C(CO)c1ccc2nc(-c3ccc(Cl)c([N+](=O)[O-])c3)[nH]c2c1. The molecule has 23 heavy (non-hydrogen) atoms. The number of carbonyl (C=O) groups is 1. The number of nitrogens with one attached hydrogen (secondary N) is 1. The van der Waals surface area contributed by atoms with Gasteiger partial charge in [-0.3, -0.25) is 14.9 Å². The number of aromatic amines is 1. The van der Waals surface area contributed by atoms with Crippen LogP contribution >= 0.6 is 11.6 Å². The van der Waals surface area contributed by atoms with Gasteiger partial charge in [-0.25, -0.2) is 4.98 Å². The molecule has 0 aliphatic heterocycles. The largest absolute Gasteiger partial charge is 0.388 e. The van der Waals surface area contributed by atoms with Crippen LogP contribution in [0.4, 0.5) is 5.69 Å². The summed E-state index contributed by atoms with van der Waals surface area (Å²) in [6, 6.07) is 9.17. The van der Waals surface area contributed by atoms with Gasteiger partial charge in [0.25, 0.3) is 5.69 Å². The van der Waals surface area contributed by atoms with E-state index in [1.165, 1.54) is 12.1 Å². The molecule has 116 valence electrons. The van der Waals surface area contributed by atoms with Gasteiger partial charge in [0, 0.05) is 17.2 Å². The average Bonchev–Trinajstić information content (AvgIpc) is 2.97. The standard InChI is InChI=1S/C15H10ClN3O4/c16-10-3-1-9(6-13(10)19(22)23)15-17-11-4-2-8(14(21)7-20)5-12(11)18-15/h1-6,20H,7H2,(H,17,18). The molecule has 0 saturated heterocycles. The molecule has 2 aromatic carbocycles. The van der Waals surface area contributed by atoms with Crippen molar-refractivity contribution in [1.82, 2.24) is 9.97 Å². The number of hydrogen-bond donors (Lipinski definition) is 2. The number of aromatic nitrogens is 2. The van der Waals surface area contributed by atoms with Gasteiger partial charge in [0.05, 0.1) is 16.0 Å². The zero-order valence-electron chi connectivity index (χ0n) is 11.6. The van der Waals surface area contributed by atoms with E-state index in [0.29, 0.717) is 28.0 Å². The van der Waals surface area contributed by atoms with Crippen molar-refractivity contribution in [2.45, 2.75) is 0 Å². The molecule has 0 atom stereocenters. The van der Waals surface area contributed by atoms with Crippen LogP contribution in [0.25, 0.3) is 22.4 Å². The number of rotatable bonds is 4. The molecule has 0 aliphatic carbocycles. The summed E-state index contributed by atoms with van der Waals surface area (Å²) < 4.78 is 0. The summed E-state index contributed by atoms with van der Waals surface area (Å²) >= 11 is 5.80. The van der Waals surface area contributed by atoms with E-state index in [2.05, 4.69) is 9.97 Å². The normalized spacial score (nSPS) is 10.9. The van der Waals surface area contributed by atoms with Gasteiger partial charge >= 0.3 is 0 Å². The number of H-pyrrole nitrogens is 1. The van der Waals surface area contributed by atoms with Gasteiger partial charge in [-0.1, -0.05) is 11.6 Å². The Balaban J connectivity index is 2.09. The number of imidazole rings is 1. The van der Waals surface area contributed by atoms with Crippen molar-refractivity contribution in [2.75, 3.05) is 6.61 Å². The summed E-state index contributed by atoms with van der Waals surface area (Å²) in [4.78, 5) is 29.3. The predicted molar refractivity (Wildman–Crippen MR) is 84.6 cm³/mol. The first-order valence-corrected chi connectivity index (χ1v) is 6.95. The zero-order chi connectivity index (χ0) is 16.6. The topological polar surface area (TPSA) is 109 Å². The molecule has 8 heteroatoms. The molecule has 3 aromatic rings. The first-order valence-electron chi connectivity index (χ1n) is 6.57. The molecule has 0 saturated carbocycles. The number of halogens is 1. The van der Waals surface area contributed by atoms with Crippen molar-refractivity contribution in [3.05, 3.63) is 57.1 Å². The molecule has 0 amide bonds. The van der Waals surface area contributed by atoms with Crippen LogP contribution in [0, 0.1) is 10.1 Å². The molecule has 0 spiro atoms. The van der Waals surface area contributed by atoms with Crippen LogP contribution in [0.15, 0.2) is 36.4 Å². The summed E-state index contributed by atoms with van der Waals surface area (Å²) in [6.45, 7) is -0.574. The van der Waals surface area contributed by atoms with E-state index in [1.807, 2.05) is 0 Å². The van der Waals surface area contributed by atoms with E-state index < -0.39 is 17.3 Å². The van der Waals surface area contributed by atoms with Crippen LogP contribution < -0.4 is 0 Å². The van der Waals surface area contributed by atoms with Crippen LogP contribution in [0.5, 0.6) is 0 Å². The number of nitro groups is 1. The summed E-state index contributed by atoms with van der Waals surface area (Å²) in [5, 5.41) is 19.9. The Morgan fingerprint density at radius 2 is 2.09 bits per heavy atom. The zero-order valence-corrected chi connectivity index (χ0v) is 12.4. The third-order valence-corrected chi connectivity index (χ3v) is 3.68. The maximum atomic E-state index is 11.5. The maximum absolute atomic E-state index is 11.5. The molecular formula is C15H10ClN3O4. The second-order valence-electron chi connectivity index (χ2n) is 4.82. The van der Waals surface area contributed by atoms with Crippen LogP contribution in [0.2, 0.25) is 5.02 Å². The Kier molecular flexibility index (Phi) is 3.81. The van der Waals surface area contributed by atoms with Crippen LogP contribution in [0.1, 0.15) is 10.4 Å². The number of aliphatic hydroxyl groups is 1. The molecule has 2 N–H and O–H groups in total. The second-order valence-corrected chi connectivity index (χ2v) is 5.23. The van der Waals surface area contributed by atoms with Crippen LogP contribution in [-0.4, -0.2) is 32.4 Å². The van der Waals surface area contributed by atoms with Crippen molar-refractivity contribution in [3.8, 4) is 11.4 Å². The number of Topliss-reactive ketones (excluding diaryl/α,β-unsaturated/α-hetero) is 1. The number of aliphatic hydroxyl groups excluding tert-OH is 1. The highest BCUT2D eigenvalue weighted by molar-refractivity contribution is 6.32. The minimum atomic E-state index is -0.574. The Morgan fingerprint density at radius 3 is 2.78 bits per heavy atom. The van der Waals surface area contributed by atoms with Gasteiger partial charge in [-0.05, 0) is 30.3 Å². The maximum Gasteiger partial charge on any atom is 0.288 e. The monoisotopic (exact) mass is 331 g/mol. The summed E-state index contributed by atoms with van der Waals surface area (Å²) in [7, 11) is 0. The molecular weight excluding hydrogens is 322 g/mol. The highest BCUT2D eigenvalue weighted by Gasteiger charge is 2.15. The third kappa shape index (κ3) is 2.79. The predicted octanol–water partition coefficient (Wildman–Crippen LogP) is 2.97. The molecule has 1 heterocycles. The Hall–Kier alpha value is -2.77. The van der Waals surface area contributed by atoms with Crippen molar-refractivity contribution < 1.29 is 14.8 Å². The van der Waals surface area contributed by atoms with Gasteiger partial charge in [-0.15, -0.1) is 0 Å². The van der Waals surface area contributed by atoms with Gasteiger partial charge < -0.3 is 10.1 Å². The lowest BCUT2D eigenvalue weighted by Crippen LogP contribution is -2.03. The summed E-state index contributed by atoms with van der Waals surface area (Å²) in [5.74, 6) is 0.0264. The highest BCUT2D eigenvalue weighted by atomic mass is 35.5. The number of ketones is 1. The van der Waals surface area contributed by atoms with Gasteiger partial charge in [-0.2, -0.15) is 0 Å². The van der Waals surface area contributed by atoms with Crippen LogP contribution in [-0.2, 0) is 0 Å². The highest BCUT2D eigenvalue weighted by Crippen LogP contribution is 2.30. The minimum absolute atomic E-state index is 0.0469. The first-order chi connectivity index (χ1) is 11.0. The molecule has 0 radical (unpaired) electrons. The second kappa shape index (κ2) is 5.79. The Bertz CT molecular complexity index is 936. The fourth-order valence-corrected chi connectivity index (χ4v) is 2.40. The molecule has 0 fully saturated rings. The molecule has 0 aliphatic rings. The van der Waals surface area contributed by atoms with E-state index in [4.69, 9.17) is 16.7 Å². The van der Waals surface area contributed by atoms with Crippen molar-refractivity contribution >= 4 is 34.1 Å². The van der Waals surface area contributed by atoms with E-state index in [0.717, 1.165) is 0 Å². The lowest BCUT2D eigenvalue weighted by atomic mass is 10.1. The summed E-state index contributed by atoms with van der Waals surface area (Å²) in [6.07, 6.45) is 0. The Morgan fingerprint density at radius 1 is 1.30 bits per heavy atom. The lowest BCUT2D eigenvalue weighted by Gasteiger charge is -1.99. The van der Waals surface area contributed by atoms with E-state index in [-0.39, 0.29) is 10.7 Å². The fraction of sp³-hybridized carbons (Fsp3) is 0.0667. The van der Waals surface area contributed by atoms with Gasteiger partial charge in [0.1, 0.15) is 17.5 Å². The fourth-order valence-electron chi connectivity index (χ4n) is 2.21. The third-order valence-electron chi connectivity index (χ3n) is 3.36. The first kappa shape index (κ1) is 15.1. The van der Waals surface area contributed by atoms with Gasteiger partial charge in [0.2, 0.25) is 0 Å². The number of nitro benzene ring substituents is 1. The van der Waals surface area contributed by atoms with E-state index in [9.17, 15) is 14.9 Å². The minimum Gasteiger partial charge on any atom is -0.388 e. The number of benzene rings is 2. The molecule has 3 rings (SSSR count). The number of nitrogens with zero attached hydrogens (tertiary/aromatic N) is 2. The van der Waals surface area contributed by atoms with Crippen molar-refractivity contribution in [3.63, 3.8) is 0 Å². The van der Waals surface area contributed by atoms with Crippen molar-refractivity contribution in [2.24, 2.45) is 0 Å². The number of fused-ring (bicyclic) bond motifs is 1. The number of carbonyl (C=O) groups excluding carboxylic acids is 1. The van der Waals surface area contributed by atoms with E-state index >= 15 is 0 Å². The Labute approximate surface area is 134 Å². The molecule has 7 nitrogen and oxygen atoms in total. The van der Waals surface area contributed by atoms with Crippen molar-refractivity contribution in [1.29, 1.82) is 0 Å². The quantitative estimate of drug-likeness (QED) is 0.434. The molecule has 0 unspecified atom stereocenters. The smallest absolute Gasteiger partial charge is 0.288 e. The van der Waals surface area contributed by atoms with E-state index in [1.54, 1.807) is 24.3 Å². The van der Waals surface area contributed by atoms with Gasteiger partial charge in [0.15, 0.2) is 5.78 Å². The summed E-state index contributed by atoms with van der Waals surface area (Å²) in [5.41, 5.74) is 1.86. The van der Waals surface area contributed by atoms with Crippen LogP contribution in [0.3, 0.4) is 0 Å².